The molecule has 0 saturated carbocycles. The first kappa shape index (κ1) is 20.5. The molecule has 2 heterocycles. The summed E-state index contributed by atoms with van der Waals surface area (Å²) in [5.41, 5.74) is 2.43. The molecule has 0 bridgehead atoms. The molecular formula is C21H24N2O6S. The summed E-state index contributed by atoms with van der Waals surface area (Å²) in [6.07, 6.45) is -0.758. The van der Waals surface area contributed by atoms with E-state index >= 15 is 0 Å². The first-order chi connectivity index (χ1) is 14.3. The Bertz CT molecular complexity index is 1040. The molecule has 8 nitrogen and oxygen atoms in total. The summed E-state index contributed by atoms with van der Waals surface area (Å²) in [6, 6.07) is 9.87. The fraction of sp³-hybridized carbons (Fsp3) is 0.381. The second kappa shape index (κ2) is 8.16. The lowest BCUT2D eigenvalue weighted by atomic mass is 10.1. The zero-order valence-corrected chi connectivity index (χ0v) is 17.7. The molecule has 160 valence electrons. The largest absolute Gasteiger partial charge is 0.485 e. The molecule has 2 aromatic rings. The zero-order valence-electron chi connectivity index (χ0n) is 16.9. The van der Waals surface area contributed by atoms with E-state index < -0.39 is 16.1 Å². The van der Waals surface area contributed by atoms with Gasteiger partial charge in [0.2, 0.25) is 6.10 Å². The van der Waals surface area contributed by atoms with Gasteiger partial charge in [-0.15, -0.1) is 0 Å². The van der Waals surface area contributed by atoms with E-state index in [4.69, 9.17) is 14.2 Å². The summed E-state index contributed by atoms with van der Waals surface area (Å²) in [5, 5.41) is 0. The van der Waals surface area contributed by atoms with Crippen molar-refractivity contribution < 1.29 is 27.4 Å². The predicted molar refractivity (Wildman–Crippen MR) is 110 cm³/mol. The van der Waals surface area contributed by atoms with E-state index in [2.05, 4.69) is 4.72 Å². The number of nitrogens with zero attached hydrogens (tertiary/aromatic N) is 1. The van der Waals surface area contributed by atoms with Crippen LogP contribution in [0.5, 0.6) is 11.5 Å². The third kappa shape index (κ3) is 4.36. The van der Waals surface area contributed by atoms with E-state index in [0.29, 0.717) is 43.5 Å². The van der Waals surface area contributed by atoms with Crippen molar-refractivity contribution in [3.05, 3.63) is 47.5 Å². The van der Waals surface area contributed by atoms with Crippen molar-refractivity contribution in [3.8, 4) is 11.5 Å². The molecule has 1 saturated heterocycles. The monoisotopic (exact) mass is 432 g/mol. The molecule has 0 aliphatic carbocycles. The molecule has 1 N–H and O–H groups in total. The molecule has 1 fully saturated rings. The second-order valence-electron chi connectivity index (χ2n) is 7.45. The van der Waals surface area contributed by atoms with Gasteiger partial charge in [0, 0.05) is 24.8 Å². The Morgan fingerprint density at radius 2 is 1.73 bits per heavy atom. The van der Waals surface area contributed by atoms with Gasteiger partial charge >= 0.3 is 0 Å². The number of anilines is 1. The number of hydrogen-bond acceptors (Lipinski definition) is 6. The Labute approximate surface area is 175 Å². The molecule has 2 aliphatic rings. The first-order valence-corrected chi connectivity index (χ1v) is 11.2. The number of fused-ring (bicyclic) bond motifs is 1. The number of benzene rings is 2. The zero-order chi connectivity index (χ0) is 21.3. The smallest absolute Gasteiger partial charge is 0.267 e. The van der Waals surface area contributed by atoms with Gasteiger partial charge in [0.25, 0.3) is 15.9 Å². The quantitative estimate of drug-likeness (QED) is 0.795. The number of ether oxygens (including phenoxy) is 3. The number of rotatable bonds is 4. The summed E-state index contributed by atoms with van der Waals surface area (Å²) in [5.74, 6) is 0.486. The standard InChI is InChI=1S/C21H24N2O6S/c1-14-9-15(2)11-16(10-14)22-30(25,26)17-3-4-18-19(12-17)28-13-20(29-18)21(24)23-5-7-27-8-6-23/h3-4,9-12,20,22H,5-8,13H2,1-2H3/t20-/m1/s1. The van der Waals surface area contributed by atoms with Crippen LogP contribution in [0, 0.1) is 13.8 Å². The third-order valence-electron chi connectivity index (χ3n) is 4.96. The highest BCUT2D eigenvalue weighted by molar-refractivity contribution is 7.92. The summed E-state index contributed by atoms with van der Waals surface area (Å²) < 4.78 is 44.9. The van der Waals surface area contributed by atoms with Gasteiger partial charge in [-0.2, -0.15) is 0 Å². The molecule has 0 unspecified atom stereocenters. The topological polar surface area (TPSA) is 94.2 Å². The van der Waals surface area contributed by atoms with E-state index in [1.54, 1.807) is 17.0 Å². The SMILES string of the molecule is Cc1cc(C)cc(NS(=O)(=O)c2ccc3c(c2)OC[C@H](C(=O)N2CCOCC2)O3)c1. The minimum absolute atomic E-state index is 0.0250. The van der Waals surface area contributed by atoms with Crippen molar-refractivity contribution in [1.82, 2.24) is 4.90 Å². The molecule has 2 aliphatic heterocycles. The molecule has 0 aromatic heterocycles. The van der Waals surface area contributed by atoms with Crippen LogP contribution in [-0.2, 0) is 19.6 Å². The average molecular weight is 432 g/mol. The highest BCUT2D eigenvalue weighted by Gasteiger charge is 2.32. The Kier molecular flexibility index (Phi) is 5.57. The van der Waals surface area contributed by atoms with E-state index in [-0.39, 0.29) is 17.4 Å². The second-order valence-corrected chi connectivity index (χ2v) is 9.13. The molecule has 4 rings (SSSR count). The Morgan fingerprint density at radius 1 is 1.03 bits per heavy atom. The Hall–Kier alpha value is -2.78. The molecule has 0 radical (unpaired) electrons. The molecular weight excluding hydrogens is 408 g/mol. The third-order valence-corrected chi connectivity index (χ3v) is 6.34. The molecule has 30 heavy (non-hydrogen) atoms. The summed E-state index contributed by atoms with van der Waals surface area (Å²) in [6.45, 7) is 5.89. The van der Waals surface area contributed by atoms with Gasteiger partial charge in [0.05, 0.1) is 18.1 Å². The van der Waals surface area contributed by atoms with E-state index in [0.717, 1.165) is 11.1 Å². The first-order valence-electron chi connectivity index (χ1n) is 9.73. The molecule has 2 aromatic carbocycles. The summed E-state index contributed by atoms with van der Waals surface area (Å²) in [4.78, 5) is 14.4. The molecule has 9 heteroatoms. The van der Waals surface area contributed by atoms with Crippen LogP contribution in [0.1, 0.15) is 11.1 Å². The van der Waals surface area contributed by atoms with E-state index in [1.807, 2.05) is 19.9 Å². The number of amides is 1. The number of nitrogens with one attached hydrogen (secondary N) is 1. The fourth-order valence-corrected chi connectivity index (χ4v) is 4.63. The van der Waals surface area contributed by atoms with Crippen LogP contribution in [0.25, 0.3) is 0 Å². The van der Waals surface area contributed by atoms with Crippen molar-refractivity contribution in [2.75, 3.05) is 37.6 Å². The molecule has 1 amide bonds. The number of carbonyl (C=O) groups is 1. The van der Waals surface area contributed by atoms with Gasteiger partial charge < -0.3 is 19.1 Å². The number of carbonyl (C=O) groups excluding carboxylic acids is 1. The predicted octanol–water partition coefficient (Wildman–Crippen LogP) is 2.10. The lowest BCUT2D eigenvalue weighted by molar-refractivity contribution is -0.145. The van der Waals surface area contributed by atoms with Crippen molar-refractivity contribution in [1.29, 1.82) is 0 Å². The van der Waals surface area contributed by atoms with Crippen molar-refractivity contribution in [2.45, 2.75) is 24.8 Å². The van der Waals surface area contributed by atoms with Gasteiger partial charge in [-0.05, 0) is 49.2 Å². The van der Waals surface area contributed by atoms with E-state index in [9.17, 15) is 13.2 Å². The van der Waals surface area contributed by atoms with Crippen molar-refractivity contribution in [2.24, 2.45) is 0 Å². The van der Waals surface area contributed by atoms with Gasteiger partial charge in [-0.1, -0.05) is 6.07 Å². The summed E-state index contributed by atoms with van der Waals surface area (Å²) in [7, 11) is -3.80. The van der Waals surface area contributed by atoms with Crippen LogP contribution in [0.4, 0.5) is 5.69 Å². The summed E-state index contributed by atoms with van der Waals surface area (Å²) >= 11 is 0. The highest BCUT2D eigenvalue weighted by Crippen LogP contribution is 2.34. The van der Waals surface area contributed by atoms with Gasteiger partial charge in [-0.25, -0.2) is 8.42 Å². The maximum Gasteiger partial charge on any atom is 0.267 e. The number of morpholine rings is 1. The number of hydrogen-bond donors (Lipinski definition) is 1. The maximum atomic E-state index is 12.8. The van der Waals surface area contributed by atoms with Gasteiger partial charge in [0.15, 0.2) is 11.5 Å². The number of sulfonamides is 1. The fourth-order valence-electron chi connectivity index (χ4n) is 3.58. The minimum Gasteiger partial charge on any atom is -0.485 e. The molecule has 0 spiro atoms. The van der Waals surface area contributed by atoms with Crippen LogP contribution in [0.15, 0.2) is 41.3 Å². The van der Waals surface area contributed by atoms with Gasteiger partial charge in [-0.3, -0.25) is 9.52 Å². The van der Waals surface area contributed by atoms with Crippen LogP contribution in [0.2, 0.25) is 0 Å². The Morgan fingerprint density at radius 3 is 2.43 bits per heavy atom. The lowest BCUT2D eigenvalue weighted by Gasteiger charge is -2.32. The normalized spacial score (nSPS) is 18.7. The van der Waals surface area contributed by atoms with Crippen molar-refractivity contribution >= 4 is 21.6 Å². The van der Waals surface area contributed by atoms with Gasteiger partial charge in [0.1, 0.15) is 6.61 Å². The lowest BCUT2D eigenvalue weighted by Crippen LogP contribution is -2.50. The van der Waals surface area contributed by atoms with Crippen LogP contribution in [0.3, 0.4) is 0 Å². The molecule has 1 atom stereocenters. The highest BCUT2D eigenvalue weighted by atomic mass is 32.2. The average Bonchev–Trinajstić information content (AvgIpc) is 2.72. The maximum absolute atomic E-state index is 12.8. The van der Waals surface area contributed by atoms with E-state index in [1.165, 1.54) is 18.2 Å². The minimum atomic E-state index is -3.80. The van der Waals surface area contributed by atoms with Crippen molar-refractivity contribution in [3.63, 3.8) is 0 Å². The van der Waals surface area contributed by atoms with Crippen LogP contribution in [-0.4, -0.2) is 58.2 Å². The van der Waals surface area contributed by atoms with Crippen LogP contribution >= 0.6 is 0 Å². The Balaban J connectivity index is 1.50. The van der Waals surface area contributed by atoms with Crippen LogP contribution < -0.4 is 14.2 Å². The number of aryl methyl sites for hydroxylation is 2.